The molecule has 24 heavy (non-hydrogen) atoms. The molecule has 2 rings (SSSR count). The van der Waals surface area contributed by atoms with E-state index < -0.39 is 4.92 Å². The summed E-state index contributed by atoms with van der Waals surface area (Å²) in [5.41, 5.74) is -0.255. The predicted molar refractivity (Wildman–Crippen MR) is 91.4 cm³/mol. The summed E-state index contributed by atoms with van der Waals surface area (Å²) in [5.74, 6) is 0.197. The van der Waals surface area contributed by atoms with Crippen LogP contribution in [0.2, 0.25) is 0 Å². The molecule has 1 amide bonds. The maximum Gasteiger partial charge on any atom is 0.286 e. The molecule has 1 aromatic carbocycles. The fourth-order valence-corrected chi connectivity index (χ4v) is 2.59. The van der Waals surface area contributed by atoms with Crippen LogP contribution < -0.4 is 14.8 Å². The number of piperazine rings is 1. The summed E-state index contributed by atoms with van der Waals surface area (Å²) in [7, 11) is 1.44. The third kappa shape index (κ3) is 4.27. The molecule has 1 fully saturated rings. The molecule has 134 valence electrons. The van der Waals surface area contributed by atoms with Gasteiger partial charge < -0.3 is 19.7 Å². The van der Waals surface area contributed by atoms with Gasteiger partial charge in [-0.3, -0.25) is 14.9 Å². The Morgan fingerprint density at radius 2 is 2.17 bits per heavy atom. The quantitative estimate of drug-likeness (QED) is 0.637. The molecule has 0 aromatic heterocycles. The number of amides is 1. The second-order valence-electron chi connectivity index (χ2n) is 5.32. The standard InChI is InChI=1S/C15H21N3O5.ClH/c1-4-23-14-8-12(18(20)21)11(7-13(14)22-3)15(19)17-6-5-16-10(2)9-17;/h7-8,10,16H,4-6,9H2,1-3H3;1H. The van der Waals surface area contributed by atoms with E-state index in [0.29, 0.717) is 32.0 Å². The van der Waals surface area contributed by atoms with Crippen molar-refractivity contribution in [2.75, 3.05) is 33.4 Å². The first kappa shape index (κ1) is 20.0. The topological polar surface area (TPSA) is 93.9 Å². The molecule has 1 saturated heterocycles. The predicted octanol–water partition coefficient (Wildman–Crippen LogP) is 1.86. The first-order valence-electron chi connectivity index (χ1n) is 7.49. The molecule has 1 N–H and O–H groups in total. The van der Waals surface area contributed by atoms with Crippen LogP contribution in [0.1, 0.15) is 24.2 Å². The molecule has 8 nitrogen and oxygen atoms in total. The Hall–Kier alpha value is -2.06. The van der Waals surface area contributed by atoms with Crippen molar-refractivity contribution in [2.24, 2.45) is 0 Å². The van der Waals surface area contributed by atoms with Crippen LogP contribution in [0.25, 0.3) is 0 Å². The first-order valence-corrected chi connectivity index (χ1v) is 7.49. The van der Waals surface area contributed by atoms with Crippen molar-refractivity contribution in [2.45, 2.75) is 19.9 Å². The molecular weight excluding hydrogens is 338 g/mol. The number of nitrogens with zero attached hydrogens (tertiary/aromatic N) is 2. The van der Waals surface area contributed by atoms with Gasteiger partial charge in [-0.25, -0.2) is 0 Å². The van der Waals surface area contributed by atoms with E-state index in [2.05, 4.69) is 5.32 Å². The van der Waals surface area contributed by atoms with Gasteiger partial charge in [0, 0.05) is 31.7 Å². The molecule has 1 heterocycles. The minimum absolute atomic E-state index is 0. The third-order valence-corrected chi connectivity index (χ3v) is 3.66. The Kier molecular flexibility index (Phi) is 7.24. The summed E-state index contributed by atoms with van der Waals surface area (Å²) >= 11 is 0. The number of hydrogen-bond donors (Lipinski definition) is 1. The van der Waals surface area contributed by atoms with E-state index >= 15 is 0 Å². The minimum atomic E-state index is -0.569. The lowest BCUT2D eigenvalue weighted by Gasteiger charge is -2.31. The molecule has 0 bridgehead atoms. The van der Waals surface area contributed by atoms with Crippen molar-refractivity contribution in [1.82, 2.24) is 10.2 Å². The number of nitrogens with one attached hydrogen (secondary N) is 1. The SMILES string of the molecule is CCOc1cc([N+](=O)[O-])c(C(=O)N2CCNC(C)C2)cc1OC.Cl. The summed E-state index contributed by atoms with van der Waals surface area (Å²) in [4.78, 5) is 25.1. The fraction of sp³-hybridized carbons (Fsp3) is 0.533. The van der Waals surface area contributed by atoms with Crippen LogP contribution in [0, 0.1) is 10.1 Å². The average Bonchev–Trinajstić information content (AvgIpc) is 2.54. The molecule has 1 aliphatic rings. The van der Waals surface area contributed by atoms with Crippen LogP contribution in [0.3, 0.4) is 0 Å². The third-order valence-electron chi connectivity index (χ3n) is 3.66. The smallest absolute Gasteiger partial charge is 0.286 e. The van der Waals surface area contributed by atoms with Gasteiger partial charge in [-0.05, 0) is 13.8 Å². The summed E-state index contributed by atoms with van der Waals surface area (Å²) in [6.07, 6.45) is 0. The monoisotopic (exact) mass is 359 g/mol. The average molecular weight is 360 g/mol. The molecule has 0 spiro atoms. The van der Waals surface area contributed by atoms with Crippen LogP contribution in [0.15, 0.2) is 12.1 Å². The molecule has 0 saturated carbocycles. The van der Waals surface area contributed by atoms with Gasteiger partial charge in [0.25, 0.3) is 11.6 Å². The second-order valence-corrected chi connectivity index (χ2v) is 5.32. The van der Waals surface area contributed by atoms with Gasteiger partial charge in [-0.1, -0.05) is 0 Å². The van der Waals surface area contributed by atoms with Crippen LogP contribution in [-0.2, 0) is 0 Å². The number of rotatable bonds is 5. The van der Waals surface area contributed by atoms with E-state index in [4.69, 9.17) is 9.47 Å². The zero-order valence-corrected chi connectivity index (χ0v) is 14.7. The van der Waals surface area contributed by atoms with Crippen molar-refractivity contribution in [3.63, 3.8) is 0 Å². The van der Waals surface area contributed by atoms with Crippen molar-refractivity contribution in [3.05, 3.63) is 27.8 Å². The van der Waals surface area contributed by atoms with Gasteiger partial charge in [0.05, 0.1) is 24.7 Å². The molecule has 0 aliphatic carbocycles. The summed E-state index contributed by atoms with van der Waals surface area (Å²) in [6.45, 7) is 5.76. The highest BCUT2D eigenvalue weighted by molar-refractivity contribution is 5.99. The number of ether oxygens (including phenoxy) is 2. The van der Waals surface area contributed by atoms with Crippen molar-refractivity contribution in [3.8, 4) is 11.5 Å². The number of nitro groups is 1. The van der Waals surface area contributed by atoms with Crippen LogP contribution in [-0.4, -0.2) is 55.1 Å². The van der Waals surface area contributed by atoms with Crippen molar-refractivity contribution >= 4 is 24.0 Å². The van der Waals surface area contributed by atoms with Gasteiger partial charge in [-0.2, -0.15) is 0 Å². The highest BCUT2D eigenvalue weighted by Crippen LogP contribution is 2.35. The Morgan fingerprint density at radius 3 is 2.71 bits per heavy atom. The molecule has 1 aromatic rings. The van der Waals surface area contributed by atoms with Gasteiger partial charge >= 0.3 is 0 Å². The zero-order chi connectivity index (χ0) is 17.0. The number of nitro benzene ring substituents is 1. The van der Waals surface area contributed by atoms with E-state index in [1.165, 1.54) is 19.2 Å². The maximum atomic E-state index is 12.7. The summed E-state index contributed by atoms with van der Waals surface area (Å²) in [6, 6.07) is 2.79. The number of hydrogen-bond acceptors (Lipinski definition) is 6. The van der Waals surface area contributed by atoms with Crippen molar-refractivity contribution in [1.29, 1.82) is 0 Å². The number of carbonyl (C=O) groups is 1. The summed E-state index contributed by atoms with van der Waals surface area (Å²) < 4.78 is 10.6. The molecule has 1 atom stereocenters. The van der Waals surface area contributed by atoms with Gasteiger partial charge in [-0.15, -0.1) is 12.4 Å². The minimum Gasteiger partial charge on any atom is -0.493 e. The molecule has 1 aliphatic heterocycles. The van der Waals surface area contributed by atoms with E-state index in [1.54, 1.807) is 11.8 Å². The van der Waals surface area contributed by atoms with E-state index in [1.807, 2.05) is 6.92 Å². The Labute approximate surface area is 146 Å². The number of carbonyl (C=O) groups excluding carboxylic acids is 1. The van der Waals surface area contributed by atoms with Gasteiger partial charge in [0.2, 0.25) is 0 Å². The molecular formula is C15H22ClN3O5. The van der Waals surface area contributed by atoms with E-state index in [9.17, 15) is 14.9 Å². The van der Waals surface area contributed by atoms with E-state index in [0.717, 1.165) is 0 Å². The van der Waals surface area contributed by atoms with Crippen LogP contribution >= 0.6 is 12.4 Å². The van der Waals surface area contributed by atoms with Crippen molar-refractivity contribution < 1.29 is 19.2 Å². The highest BCUT2D eigenvalue weighted by Gasteiger charge is 2.29. The second kappa shape index (κ2) is 8.70. The summed E-state index contributed by atoms with van der Waals surface area (Å²) in [5, 5.41) is 14.6. The number of benzene rings is 1. The molecule has 9 heteroatoms. The Morgan fingerprint density at radius 1 is 1.46 bits per heavy atom. The van der Waals surface area contributed by atoms with Gasteiger partial charge in [0.15, 0.2) is 11.5 Å². The highest BCUT2D eigenvalue weighted by atomic mass is 35.5. The zero-order valence-electron chi connectivity index (χ0n) is 13.9. The molecule has 0 radical (unpaired) electrons. The Balaban J connectivity index is 0.00000288. The van der Waals surface area contributed by atoms with Crippen LogP contribution in [0.5, 0.6) is 11.5 Å². The van der Waals surface area contributed by atoms with E-state index in [-0.39, 0.29) is 41.4 Å². The van der Waals surface area contributed by atoms with Gasteiger partial charge in [0.1, 0.15) is 5.56 Å². The van der Waals surface area contributed by atoms with Crippen LogP contribution in [0.4, 0.5) is 5.69 Å². The lowest BCUT2D eigenvalue weighted by atomic mass is 10.1. The Bertz CT molecular complexity index is 611. The normalized spacial score (nSPS) is 17.0. The number of halogens is 1. The maximum absolute atomic E-state index is 12.7. The lowest BCUT2D eigenvalue weighted by Crippen LogP contribution is -2.51. The molecule has 1 unspecified atom stereocenters. The lowest BCUT2D eigenvalue weighted by molar-refractivity contribution is -0.385. The largest absolute Gasteiger partial charge is 0.493 e. The fourth-order valence-electron chi connectivity index (χ4n) is 2.59. The first-order chi connectivity index (χ1) is 11.0. The number of methoxy groups -OCH3 is 1.